The zero-order valence-corrected chi connectivity index (χ0v) is 13.1. The quantitative estimate of drug-likeness (QED) is 0.645. The largest absolute Gasteiger partial charge is 0.389 e. The first-order chi connectivity index (χ1) is 9.58. The van der Waals surface area contributed by atoms with E-state index in [1.165, 1.54) is 6.07 Å². The summed E-state index contributed by atoms with van der Waals surface area (Å²) in [6, 6.07) is 2.28. The molecule has 116 valence electrons. The van der Waals surface area contributed by atoms with Gasteiger partial charge in [0.05, 0.1) is 10.5 Å². The van der Waals surface area contributed by atoms with Crippen LogP contribution in [0.4, 0.5) is 4.39 Å². The average molecular weight is 333 g/mol. The van der Waals surface area contributed by atoms with Crippen molar-refractivity contribution in [3.05, 3.63) is 29.6 Å². The van der Waals surface area contributed by atoms with E-state index in [2.05, 4.69) is 16.9 Å². The van der Waals surface area contributed by atoms with Crippen LogP contribution in [0.25, 0.3) is 0 Å². The van der Waals surface area contributed by atoms with Crippen molar-refractivity contribution in [1.29, 1.82) is 0 Å². The molecule has 1 rings (SSSR count). The molecule has 0 aliphatic heterocycles. The van der Waals surface area contributed by atoms with Gasteiger partial charge in [0.15, 0.2) is 0 Å². The first-order valence-corrected chi connectivity index (χ1v) is 7.87. The van der Waals surface area contributed by atoms with E-state index in [1.807, 2.05) is 0 Å². The van der Waals surface area contributed by atoms with Crippen molar-refractivity contribution < 1.29 is 17.6 Å². The maximum Gasteiger partial charge on any atom is 0.242 e. The van der Waals surface area contributed by atoms with Crippen molar-refractivity contribution in [1.82, 2.24) is 4.72 Å². The van der Waals surface area contributed by atoms with Gasteiger partial charge in [-0.1, -0.05) is 32.1 Å². The summed E-state index contributed by atoms with van der Waals surface area (Å²) in [5.74, 6) is -2.06. The molecule has 5 N–H and O–H groups in total. The number of nitrogens with two attached hydrogens (primary N) is 2. The van der Waals surface area contributed by atoms with Crippen molar-refractivity contribution in [2.75, 3.05) is 0 Å². The number of amides is 1. The van der Waals surface area contributed by atoms with Gasteiger partial charge in [0.1, 0.15) is 16.8 Å². The number of sulfonamides is 1. The number of carbonyl (C=O) groups excluding carboxylic acids is 1. The molecule has 0 radical (unpaired) electrons. The van der Waals surface area contributed by atoms with Crippen LogP contribution < -0.4 is 16.2 Å². The Hall–Kier alpha value is -1.58. The molecule has 0 bridgehead atoms. The molecule has 1 atom stereocenters. The Labute approximate surface area is 127 Å². The molecular weight excluding hydrogens is 317 g/mol. The Kier molecular flexibility index (Phi) is 5.37. The van der Waals surface area contributed by atoms with Gasteiger partial charge in [-0.2, -0.15) is 4.72 Å². The third kappa shape index (κ3) is 3.96. The molecule has 0 heterocycles. The zero-order chi connectivity index (χ0) is 16.4. The molecule has 21 heavy (non-hydrogen) atoms. The molecule has 0 aromatic heterocycles. The monoisotopic (exact) mass is 333 g/mol. The van der Waals surface area contributed by atoms with E-state index in [0.29, 0.717) is 0 Å². The number of thiocarbonyl (C=S) groups is 1. The Morgan fingerprint density at radius 1 is 1.33 bits per heavy atom. The highest BCUT2D eigenvalue weighted by Gasteiger charge is 2.29. The summed E-state index contributed by atoms with van der Waals surface area (Å²) in [4.78, 5) is 10.5. The molecule has 0 fully saturated rings. The number of primary amides is 1. The Morgan fingerprint density at radius 2 is 1.90 bits per heavy atom. The lowest BCUT2D eigenvalue weighted by Gasteiger charge is -2.20. The van der Waals surface area contributed by atoms with Gasteiger partial charge in [0.25, 0.3) is 0 Å². The summed E-state index contributed by atoms with van der Waals surface area (Å²) in [7, 11) is -4.21. The van der Waals surface area contributed by atoms with Gasteiger partial charge < -0.3 is 11.5 Å². The summed E-state index contributed by atoms with van der Waals surface area (Å²) < 4.78 is 40.5. The predicted molar refractivity (Wildman–Crippen MR) is 80.4 cm³/mol. The predicted octanol–water partition coefficient (Wildman–Crippen LogP) is 0.248. The summed E-state index contributed by atoms with van der Waals surface area (Å²) in [6.45, 7) is 3.25. The zero-order valence-electron chi connectivity index (χ0n) is 11.5. The van der Waals surface area contributed by atoms with E-state index < -0.39 is 43.2 Å². The fourth-order valence-electron chi connectivity index (χ4n) is 1.72. The second-order valence-electron chi connectivity index (χ2n) is 4.72. The molecule has 0 saturated heterocycles. The highest BCUT2D eigenvalue weighted by molar-refractivity contribution is 7.89. The standard InChI is InChI=1S/C12H16FN3O3S2/c1-6(2)10(11(14)17)16-21(18,19)8-5-3-4-7(13)9(8)12(15)20/h3-6,10,16H,1-2H3,(H2,14,17)(H2,15,20). The summed E-state index contributed by atoms with van der Waals surface area (Å²) in [6.07, 6.45) is 0. The maximum atomic E-state index is 13.7. The lowest BCUT2D eigenvalue weighted by Crippen LogP contribution is -2.47. The summed E-state index contributed by atoms with van der Waals surface area (Å²) in [5.41, 5.74) is 10.1. The molecule has 9 heteroatoms. The average Bonchev–Trinajstić information content (AvgIpc) is 2.34. The van der Waals surface area contributed by atoms with Crippen LogP contribution in [0.15, 0.2) is 23.1 Å². The van der Waals surface area contributed by atoms with E-state index in [4.69, 9.17) is 11.5 Å². The third-order valence-corrected chi connectivity index (χ3v) is 4.45. The molecule has 0 saturated carbocycles. The van der Waals surface area contributed by atoms with E-state index in [9.17, 15) is 17.6 Å². The minimum Gasteiger partial charge on any atom is -0.389 e. The fraction of sp³-hybridized carbons (Fsp3) is 0.333. The van der Waals surface area contributed by atoms with E-state index in [-0.39, 0.29) is 5.92 Å². The lowest BCUT2D eigenvalue weighted by molar-refractivity contribution is -0.120. The number of carbonyl (C=O) groups is 1. The van der Waals surface area contributed by atoms with Crippen molar-refractivity contribution in [3.8, 4) is 0 Å². The van der Waals surface area contributed by atoms with Crippen LogP contribution in [0.5, 0.6) is 0 Å². The normalized spacial score (nSPS) is 13.1. The Bertz CT molecular complexity index is 674. The molecule has 0 spiro atoms. The molecule has 1 aromatic carbocycles. The van der Waals surface area contributed by atoms with Crippen molar-refractivity contribution in [3.63, 3.8) is 0 Å². The van der Waals surface area contributed by atoms with Crippen LogP contribution in [0.3, 0.4) is 0 Å². The second-order valence-corrected chi connectivity index (χ2v) is 6.84. The fourth-order valence-corrected chi connectivity index (χ4v) is 3.58. The maximum absolute atomic E-state index is 13.7. The lowest BCUT2D eigenvalue weighted by atomic mass is 10.1. The highest BCUT2D eigenvalue weighted by Crippen LogP contribution is 2.20. The summed E-state index contributed by atoms with van der Waals surface area (Å²) in [5, 5.41) is 0. The number of halogens is 1. The van der Waals surface area contributed by atoms with E-state index in [1.54, 1.807) is 13.8 Å². The number of nitrogens with one attached hydrogen (secondary N) is 1. The molecule has 1 aromatic rings. The Morgan fingerprint density at radius 3 is 2.33 bits per heavy atom. The minimum absolute atomic E-state index is 0.376. The second kappa shape index (κ2) is 6.46. The van der Waals surface area contributed by atoms with Gasteiger partial charge in [-0.15, -0.1) is 0 Å². The topological polar surface area (TPSA) is 115 Å². The van der Waals surface area contributed by atoms with Gasteiger partial charge in [-0.25, -0.2) is 12.8 Å². The third-order valence-electron chi connectivity index (χ3n) is 2.77. The molecule has 1 unspecified atom stereocenters. The first-order valence-electron chi connectivity index (χ1n) is 5.98. The van der Waals surface area contributed by atoms with Crippen molar-refractivity contribution >= 4 is 33.1 Å². The number of hydrogen-bond donors (Lipinski definition) is 3. The number of benzene rings is 1. The van der Waals surface area contributed by atoms with Gasteiger partial charge in [-0.05, 0) is 18.1 Å². The van der Waals surface area contributed by atoms with E-state index in [0.717, 1.165) is 12.1 Å². The van der Waals surface area contributed by atoms with Crippen LogP contribution in [0, 0.1) is 11.7 Å². The molecule has 1 amide bonds. The molecule has 0 aliphatic rings. The van der Waals surface area contributed by atoms with Crippen molar-refractivity contribution in [2.45, 2.75) is 24.8 Å². The van der Waals surface area contributed by atoms with Gasteiger partial charge in [0, 0.05) is 0 Å². The van der Waals surface area contributed by atoms with Gasteiger partial charge >= 0.3 is 0 Å². The SMILES string of the molecule is CC(C)C(NS(=O)(=O)c1cccc(F)c1C(N)=S)C(N)=O. The molecule has 6 nitrogen and oxygen atoms in total. The Balaban J connectivity index is 3.36. The van der Waals surface area contributed by atoms with Crippen LogP contribution in [0.1, 0.15) is 19.4 Å². The van der Waals surface area contributed by atoms with Gasteiger partial charge in [-0.3, -0.25) is 4.79 Å². The first kappa shape index (κ1) is 17.5. The minimum atomic E-state index is -4.21. The molecular formula is C12H16FN3O3S2. The molecule has 0 aliphatic carbocycles. The smallest absolute Gasteiger partial charge is 0.242 e. The number of hydrogen-bond acceptors (Lipinski definition) is 4. The van der Waals surface area contributed by atoms with Crippen LogP contribution in [0.2, 0.25) is 0 Å². The number of rotatable bonds is 6. The van der Waals surface area contributed by atoms with Crippen molar-refractivity contribution in [2.24, 2.45) is 17.4 Å². The highest BCUT2D eigenvalue weighted by atomic mass is 32.2. The summed E-state index contributed by atoms with van der Waals surface area (Å²) >= 11 is 4.68. The van der Waals surface area contributed by atoms with E-state index >= 15 is 0 Å². The van der Waals surface area contributed by atoms with Crippen LogP contribution in [-0.4, -0.2) is 25.4 Å². The van der Waals surface area contributed by atoms with Gasteiger partial charge in [0.2, 0.25) is 15.9 Å². The van der Waals surface area contributed by atoms with Crippen LogP contribution >= 0.6 is 12.2 Å². The van der Waals surface area contributed by atoms with Crippen LogP contribution in [-0.2, 0) is 14.8 Å².